The normalized spacial score (nSPS) is 10.7. The van der Waals surface area contributed by atoms with Crippen molar-refractivity contribution in [3.63, 3.8) is 0 Å². The van der Waals surface area contributed by atoms with Crippen LogP contribution in [0.3, 0.4) is 0 Å². The Morgan fingerprint density at radius 1 is 1.14 bits per heavy atom. The predicted molar refractivity (Wildman–Crippen MR) is 78.0 cm³/mol. The first-order valence-corrected chi connectivity index (χ1v) is 6.34. The Balaban J connectivity index is 2.27. The van der Waals surface area contributed by atoms with E-state index in [2.05, 4.69) is 4.98 Å². The Morgan fingerprint density at radius 3 is 2.62 bits per heavy atom. The summed E-state index contributed by atoms with van der Waals surface area (Å²) in [5.74, 6) is -0.323. The average Bonchev–Trinajstić information content (AvgIpc) is 2.51. The number of fused-ring (bicyclic) bond motifs is 1. The van der Waals surface area contributed by atoms with Gasteiger partial charge in [-0.25, -0.2) is 4.98 Å². The lowest BCUT2D eigenvalue weighted by molar-refractivity contribution is 0.471. The fourth-order valence-corrected chi connectivity index (χ4v) is 2.27. The molecule has 0 unspecified atom stereocenters. The molecule has 0 atom stereocenters. The highest BCUT2D eigenvalue weighted by Gasteiger charge is 2.13. The molecule has 5 nitrogen and oxygen atoms in total. The number of pyridine rings is 2. The molecule has 0 spiro atoms. The first-order valence-electron chi connectivity index (χ1n) is 6.34. The van der Waals surface area contributed by atoms with Gasteiger partial charge in [-0.2, -0.15) is 0 Å². The molecule has 0 amide bonds. The van der Waals surface area contributed by atoms with Crippen LogP contribution in [0.5, 0.6) is 5.75 Å². The van der Waals surface area contributed by atoms with E-state index in [1.54, 1.807) is 12.4 Å². The number of hydrogen-bond donors (Lipinski definition) is 1. The zero-order valence-electron chi connectivity index (χ0n) is 11.0. The quantitative estimate of drug-likeness (QED) is 0.790. The van der Waals surface area contributed by atoms with Gasteiger partial charge >= 0.3 is 0 Å². The highest BCUT2D eigenvalue weighted by atomic mass is 16.3. The van der Waals surface area contributed by atoms with Crippen LogP contribution in [0.25, 0.3) is 10.9 Å². The molecule has 21 heavy (non-hydrogen) atoms. The van der Waals surface area contributed by atoms with Crippen molar-refractivity contribution in [1.82, 2.24) is 9.55 Å². The van der Waals surface area contributed by atoms with Crippen molar-refractivity contribution in [2.45, 2.75) is 6.54 Å². The fourth-order valence-electron chi connectivity index (χ4n) is 2.27. The number of hydrogen-bond acceptors (Lipinski definition) is 4. The van der Waals surface area contributed by atoms with Crippen LogP contribution in [0.2, 0.25) is 0 Å². The SMILES string of the molecule is O=[C]c1ncc2ccc(=O)n(Cc3ccccc3)c2c1O. The van der Waals surface area contributed by atoms with Crippen LogP contribution in [0.15, 0.2) is 53.5 Å². The van der Waals surface area contributed by atoms with Gasteiger partial charge in [-0.05, 0) is 11.6 Å². The lowest BCUT2D eigenvalue weighted by atomic mass is 10.2. The number of rotatable bonds is 3. The van der Waals surface area contributed by atoms with Gasteiger partial charge in [0, 0.05) is 17.6 Å². The Kier molecular flexibility index (Phi) is 3.23. The topological polar surface area (TPSA) is 72.2 Å². The molecule has 0 fully saturated rings. The molecule has 2 aromatic heterocycles. The van der Waals surface area contributed by atoms with Crippen molar-refractivity contribution < 1.29 is 9.90 Å². The largest absolute Gasteiger partial charge is 0.504 e. The van der Waals surface area contributed by atoms with Crippen molar-refractivity contribution in [2.75, 3.05) is 0 Å². The van der Waals surface area contributed by atoms with E-state index in [1.165, 1.54) is 16.8 Å². The third kappa shape index (κ3) is 2.29. The number of aromatic nitrogens is 2. The van der Waals surface area contributed by atoms with Gasteiger partial charge < -0.3 is 9.67 Å². The van der Waals surface area contributed by atoms with Gasteiger partial charge in [0.1, 0.15) is 0 Å². The summed E-state index contributed by atoms with van der Waals surface area (Å²) in [6.45, 7) is 0.298. The van der Waals surface area contributed by atoms with Gasteiger partial charge in [-0.3, -0.25) is 9.59 Å². The summed E-state index contributed by atoms with van der Waals surface area (Å²) in [4.78, 5) is 26.7. The van der Waals surface area contributed by atoms with Gasteiger partial charge in [0.2, 0.25) is 0 Å². The molecule has 1 aromatic carbocycles. The molecular formula is C16H11N2O3. The van der Waals surface area contributed by atoms with Crippen molar-refractivity contribution in [3.8, 4) is 5.75 Å². The van der Waals surface area contributed by atoms with Crippen LogP contribution in [-0.4, -0.2) is 20.9 Å². The minimum Gasteiger partial charge on any atom is -0.504 e. The Morgan fingerprint density at radius 2 is 1.90 bits per heavy atom. The lowest BCUT2D eigenvalue weighted by Crippen LogP contribution is -2.20. The van der Waals surface area contributed by atoms with E-state index in [4.69, 9.17) is 0 Å². The molecule has 0 bridgehead atoms. The third-order valence-electron chi connectivity index (χ3n) is 3.28. The maximum atomic E-state index is 12.1. The monoisotopic (exact) mass is 279 g/mol. The van der Waals surface area contributed by atoms with E-state index >= 15 is 0 Å². The zero-order chi connectivity index (χ0) is 14.8. The number of nitrogens with zero attached hydrogens (tertiary/aromatic N) is 2. The molecule has 1 N–H and O–H groups in total. The number of carbonyl (C=O) groups excluding carboxylic acids is 1. The van der Waals surface area contributed by atoms with Crippen LogP contribution >= 0.6 is 0 Å². The molecule has 1 radical (unpaired) electrons. The van der Waals surface area contributed by atoms with E-state index in [0.29, 0.717) is 17.4 Å². The molecule has 0 aliphatic heterocycles. The van der Waals surface area contributed by atoms with Crippen molar-refractivity contribution >= 4 is 17.2 Å². The minimum absolute atomic E-state index is 0.199. The zero-order valence-corrected chi connectivity index (χ0v) is 11.0. The lowest BCUT2D eigenvalue weighted by Gasteiger charge is -2.12. The fraction of sp³-hybridized carbons (Fsp3) is 0.0625. The highest BCUT2D eigenvalue weighted by Crippen LogP contribution is 2.25. The summed E-state index contributed by atoms with van der Waals surface area (Å²) in [5, 5.41) is 10.7. The summed E-state index contributed by atoms with van der Waals surface area (Å²) >= 11 is 0. The summed E-state index contributed by atoms with van der Waals surface area (Å²) in [6, 6.07) is 12.4. The molecule has 103 valence electrons. The van der Waals surface area contributed by atoms with Crippen LogP contribution in [0, 0.1) is 0 Å². The van der Waals surface area contributed by atoms with Crippen LogP contribution in [0.4, 0.5) is 0 Å². The van der Waals surface area contributed by atoms with Gasteiger partial charge in [0.05, 0.1) is 12.1 Å². The molecule has 0 aliphatic carbocycles. The summed E-state index contributed by atoms with van der Waals surface area (Å²) < 4.78 is 1.42. The molecule has 5 heteroatoms. The second kappa shape index (κ2) is 5.20. The van der Waals surface area contributed by atoms with Gasteiger partial charge in [-0.1, -0.05) is 30.3 Å². The standard InChI is InChI=1S/C16H11N2O3/c19-10-13-16(21)15-12(8-17-13)6-7-14(20)18(15)9-11-4-2-1-3-5-11/h1-8,21H,9H2. The maximum Gasteiger partial charge on any atom is 0.257 e. The molecule has 0 aliphatic rings. The minimum atomic E-state index is -0.323. The second-order valence-corrected chi connectivity index (χ2v) is 4.60. The summed E-state index contributed by atoms with van der Waals surface area (Å²) in [5.41, 5.74) is 0.749. The van der Waals surface area contributed by atoms with Gasteiger partial charge in [-0.15, -0.1) is 0 Å². The molecule has 3 rings (SSSR count). The van der Waals surface area contributed by atoms with E-state index in [9.17, 15) is 14.7 Å². The predicted octanol–water partition coefficient (Wildman–Crippen LogP) is 1.61. The Bertz CT molecular complexity index is 870. The Hall–Kier alpha value is -2.95. The number of benzene rings is 1. The second-order valence-electron chi connectivity index (χ2n) is 4.60. The first-order chi connectivity index (χ1) is 10.2. The van der Waals surface area contributed by atoms with Gasteiger partial charge in [0.15, 0.2) is 11.4 Å². The molecule has 2 heterocycles. The summed E-state index contributed by atoms with van der Waals surface area (Å²) in [7, 11) is 0. The molecular weight excluding hydrogens is 268 g/mol. The molecule has 3 aromatic rings. The van der Waals surface area contributed by atoms with Crippen LogP contribution in [-0.2, 0) is 11.3 Å². The van der Waals surface area contributed by atoms with Crippen molar-refractivity contribution in [3.05, 3.63) is 70.3 Å². The number of aromatic hydroxyl groups is 1. The van der Waals surface area contributed by atoms with Crippen LogP contribution in [0.1, 0.15) is 11.3 Å². The van der Waals surface area contributed by atoms with Gasteiger partial charge in [0.25, 0.3) is 11.8 Å². The smallest absolute Gasteiger partial charge is 0.257 e. The van der Waals surface area contributed by atoms with E-state index in [1.807, 2.05) is 30.3 Å². The van der Waals surface area contributed by atoms with Crippen molar-refractivity contribution in [1.29, 1.82) is 0 Å². The summed E-state index contributed by atoms with van der Waals surface area (Å²) in [6.07, 6.45) is 3.01. The Labute approximate surface area is 120 Å². The molecule has 0 saturated heterocycles. The van der Waals surface area contributed by atoms with Crippen LogP contribution < -0.4 is 5.56 Å². The third-order valence-corrected chi connectivity index (χ3v) is 3.28. The molecule has 0 saturated carbocycles. The first kappa shape index (κ1) is 13.1. The van der Waals surface area contributed by atoms with E-state index < -0.39 is 0 Å². The average molecular weight is 279 g/mol. The van der Waals surface area contributed by atoms with E-state index in [0.717, 1.165) is 5.56 Å². The maximum absolute atomic E-state index is 12.1. The van der Waals surface area contributed by atoms with E-state index in [-0.39, 0.29) is 17.0 Å². The van der Waals surface area contributed by atoms with Crippen molar-refractivity contribution in [2.24, 2.45) is 0 Å². The highest BCUT2D eigenvalue weighted by molar-refractivity contribution is 5.91.